The third-order valence-electron chi connectivity index (χ3n) is 4.11. The Morgan fingerprint density at radius 2 is 2.30 bits per heavy atom. The summed E-state index contributed by atoms with van der Waals surface area (Å²) in [5, 5.41) is 7.49. The fourth-order valence-corrected chi connectivity index (χ4v) is 2.65. The van der Waals surface area contributed by atoms with E-state index in [0.717, 1.165) is 13.1 Å². The number of nitrogens with one attached hydrogen (secondary N) is 1. The number of nitrogens with zero attached hydrogens (tertiary/aromatic N) is 4. The van der Waals surface area contributed by atoms with Crippen LogP contribution < -0.4 is 5.32 Å². The zero-order valence-corrected chi connectivity index (χ0v) is 11.8. The van der Waals surface area contributed by atoms with Crippen molar-refractivity contribution in [2.45, 2.75) is 32.1 Å². The summed E-state index contributed by atoms with van der Waals surface area (Å²) in [7, 11) is 0. The van der Waals surface area contributed by atoms with Crippen molar-refractivity contribution in [3.8, 4) is 11.5 Å². The maximum atomic E-state index is 5.49. The van der Waals surface area contributed by atoms with E-state index in [1.54, 1.807) is 12.3 Å². The van der Waals surface area contributed by atoms with Crippen molar-refractivity contribution >= 4 is 0 Å². The van der Waals surface area contributed by atoms with Crippen molar-refractivity contribution in [1.29, 1.82) is 0 Å². The Kier molecular flexibility index (Phi) is 3.48. The Hall–Kier alpha value is -1.82. The largest absolute Gasteiger partial charge is 0.338 e. The van der Waals surface area contributed by atoms with Crippen LogP contribution in [-0.4, -0.2) is 33.2 Å². The minimum atomic E-state index is -0.133. The predicted molar refractivity (Wildman–Crippen MR) is 73.9 cm³/mol. The van der Waals surface area contributed by atoms with E-state index >= 15 is 0 Å². The molecular weight excluding hydrogens is 254 g/mol. The van der Waals surface area contributed by atoms with Gasteiger partial charge >= 0.3 is 0 Å². The van der Waals surface area contributed by atoms with Gasteiger partial charge in [-0.2, -0.15) is 4.98 Å². The molecule has 3 heterocycles. The lowest BCUT2D eigenvalue weighted by molar-refractivity contribution is 0.196. The fourth-order valence-electron chi connectivity index (χ4n) is 2.65. The average molecular weight is 273 g/mol. The molecule has 1 fully saturated rings. The molecule has 1 aliphatic heterocycles. The predicted octanol–water partition coefficient (Wildman–Crippen LogP) is 1.80. The Bertz CT molecular complexity index is 560. The van der Waals surface area contributed by atoms with E-state index in [2.05, 4.69) is 39.3 Å². The molecule has 0 spiro atoms. The first kappa shape index (κ1) is 13.2. The molecule has 1 aliphatic rings. The summed E-state index contributed by atoms with van der Waals surface area (Å²) in [6.45, 7) is 6.44. The summed E-state index contributed by atoms with van der Waals surface area (Å²) < 4.78 is 5.49. The highest BCUT2D eigenvalue weighted by Gasteiger charge is 2.37. The Morgan fingerprint density at radius 3 is 3.00 bits per heavy atom. The molecule has 106 valence electrons. The molecule has 1 N–H and O–H groups in total. The van der Waals surface area contributed by atoms with E-state index in [1.165, 1.54) is 19.2 Å². The van der Waals surface area contributed by atoms with Crippen LogP contribution >= 0.6 is 0 Å². The Balaban J connectivity index is 1.85. The second-order valence-electron chi connectivity index (χ2n) is 5.78. The first-order chi connectivity index (χ1) is 9.68. The molecule has 0 saturated carbocycles. The molecular formula is C14H19N5O. The molecule has 0 aromatic carbocycles. The van der Waals surface area contributed by atoms with Gasteiger partial charge in [-0.1, -0.05) is 19.0 Å². The van der Waals surface area contributed by atoms with Crippen LogP contribution in [0.25, 0.3) is 11.5 Å². The van der Waals surface area contributed by atoms with Gasteiger partial charge in [0, 0.05) is 11.6 Å². The number of hydrogen-bond donors (Lipinski definition) is 1. The van der Waals surface area contributed by atoms with Crippen LogP contribution in [0.2, 0.25) is 0 Å². The third-order valence-corrected chi connectivity index (χ3v) is 4.11. The quantitative estimate of drug-likeness (QED) is 0.919. The zero-order chi connectivity index (χ0) is 14.0. The van der Waals surface area contributed by atoms with Gasteiger partial charge < -0.3 is 9.84 Å². The highest BCUT2D eigenvalue weighted by molar-refractivity contribution is 5.46. The molecule has 6 heteroatoms. The van der Waals surface area contributed by atoms with Crippen LogP contribution in [0.5, 0.6) is 0 Å². The van der Waals surface area contributed by atoms with Crippen LogP contribution in [0.15, 0.2) is 23.1 Å². The van der Waals surface area contributed by atoms with E-state index < -0.39 is 0 Å². The van der Waals surface area contributed by atoms with Crippen LogP contribution in [0.4, 0.5) is 0 Å². The second kappa shape index (κ2) is 5.28. The summed E-state index contributed by atoms with van der Waals surface area (Å²) in [5.74, 6) is 1.72. The van der Waals surface area contributed by atoms with E-state index in [4.69, 9.17) is 4.52 Å². The monoisotopic (exact) mass is 273 g/mol. The highest BCUT2D eigenvalue weighted by atomic mass is 16.5. The minimum absolute atomic E-state index is 0.133. The fraction of sp³-hybridized carbons (Fsp3) is 0.571. The summed E-state index contributed by atoms with van der Waals surface area (Å²) in [6.07, 6.45) is 5.54. The molecule has 1 atom stereocenters. The lowest BCUT2D eigenvalue weighted by Gasteiger charge is -2.34. The van der Waals surface area contributed by atoms with Crippen molar-refractivity contribution in [3.63, 3.8) is 0 Å². The summed E-state index contributed by atoms with van der Waals surface area (Å²) in [6, 6.07) is 1.78. The van der Waals surface area contributed by atoms with Crippen LogP contribution in [-0.2, 0) is 5.41 Å². The molecule has 0 aliphatic carbocycles. The molecule has 6 nitrogen and oxygen atoms in total. The molecule has 1 saturated heterocycles. The van der Waals surface area contributed by atoms with Gasteiger partial charge in [-0.3, -0.25) is 0 Å². The topological polar surface area (TPSA) is 76.7 Å². The van der Waals surface area contributed by atoms with Crippen LogP contribution in [0.3, 0.4) is 0 Å². The molecule has 1 unspecified atom stereocenters. The standard InChI is InChI=1S/C14H19N5O/c1-14(2,10-4-3-6-15-8-10)13-18-12(19-20-13)11-5-7-16-9-17-11/h5,7,9-10,15H,3-4,6,8H2,1-2H3. The molecule has 0 radical (unpaired) electrons. The van der Waals surface area contributed by atoms with Gasteiger partial charge in [0.25, 0.3) is 0 Å². The van der Waals surface area contributed by atoms with E-state index in [9.17, 15) is 0 Å². The molecule has 20 heavy (non-hydrogen) atoms. The van der Waals surface area contributed by atoms with E-state index in [0.29, 0.717) is 23.3 Å². The Labute approximate surface area is 118 Å². The van der Waals surface area contributed by atoms with Crippen molar-refractivity contribution in [2.75, 3.05) is 13.1 Å². The van der Waals surface area contributed by atoms with Crippen molar-refractivity contribution in [3.05, 3.63) is 24.5 Å². The number of aromatic nitrogens is 4. The number of rotatable bonds is 3. The van der Waals surface area contributed by atoms with E-state index in [-0.39, 0.29) is 5.41 Å². The summed E-state index contributed by atoms with van der Waals surface area (Å²) in [4.78, 5) is 12.6. The van der Waals surface area contributed by atoms with Crippen LogP contribution in [0.1, 0.15) is 32.6 Å². The van der Waals surface area contributed by atoms with E-state index in [1.807, 2.05) is 0 Å². The van der Waals surface area contributed by atoms with Crippen LogP contribution in [0, 0.1) is 5.92 Å². The highest BCUT2D eigenvalue weighted by Crippen LogP contribution is 2.35. The minimum Gasteiger partial charge on any atom is -0.338 e. The van der Waals surface area contributed by atoms with Gasteiger partial charge in [0.05, 0.1) is 0 Å². The first-order valence-corrected chi connectivity index (χ1v) is 6.99. The maximum absolute atomic E-state index is 5.49. The Morgan fingerprint density at radius 1 is 1.40 bits per heavy atom. The smallest absolute Gasteiger partial charge is 0.232 e. The molecule has 0 amide bonds. The van der Waals surface area contributed by atoms with Gasteiger partial charge in [-0.05, 0) is 37.9 Å². The van der Waals surface area contributed by atoms with Gasteiger partial charge in [-0.15, -0.1) is 0 Å². The van der Waals surface area contributed by atoms with Crippen molar-refractivity contribution in [2.24, 2.45) is 5.92 Å². The lowest BCUT2D eigenvalue weighted by atomic mass is 9.75. The molecule has 2 aromatic rings. The molecule has 3 rings (SSSR count). The molecule has 2 aromatic heterocycles. The van der Waals surface area contributed by atoms with Gasteiger partial charge in [-0.25, -0.2) is 9.97 Å². The van der Waals surface area contributed by atoms with Gasteiger partial charge in [0.2, 0.25) is 11.7 Å². The van der Waals surface area contributed by atoms with Crippen molar-refractivity contribution in [1.82, 2.24) is 25.4 Å². The maximum Gasteiger partial charge on any atom is 0.232 e. The summed E-state index contributed by atoms with van der Waals surface area (Å²) >= 11 is 0. The SMILES string of the molecule is CC(C)(c1nc(-c2ccncn2)no1)C1CCCNC1. The lowest BCUT2D eigenvalue weighted by Crippen LogP contribution is -2.40. The molecule has 0 bridgehead atoms. The average Bonchev–Trinajstić information content (AvgIpc) is 3.00. The zero-order valence-electron chi connectivity index (χ0n) is 11.8. The third kappa shape index (κ3) is 2.43. The first-order valence-electron chi connectivity index (χ1n) is 6.99. The van der Waals surface area contributed by atoms with Gasteiger partial charge in [0.1, 0.15) is 12.0 Å². The van der Waals surface area contributed by atoms with Crippen molar-refractivity contribution < 1.29 is 4.52 Å². The summed E-state index contributed by atoms with van der Waals surface area (Å²) in [5.41, 5.74) is 0.554. The van der Waals surface area contributed by atoms with Gasteiger partial charge in [0.15, 0.2) is 0 Å². The number of piperidine rings is 1. The normalized spacial score (nSPS) is 20.0. The second-order valence-corrected chi connectivity index (χ2v) is 5.78. The number of hydrogen-bond acceptors (Lipinski definition) is 6.